The zero-order valence-corrected chi connectivity index (χ0v) is 13.1. The van der Waals surface area contributed by atoms with Gasteiger partial charge >= 0.3 is 0 Å². The van der Waals surface area contributed by atoms with Gasteiger partial charge in [0, 0.05) is 18.1 Å². The average Bonchev–Trinajstić information content (AvgIpc) is 2.47. The van der Waals surface area contributed by atoms with Crippen LogP contribution in [0.2, 0.25) is 0 Å². The molecule has 0 aliphatic rings. The Hall–Kier alpha value is -1.32. The molecule has 3 nitrogen and oxygen atoms in total. The zero-order chi connectivity index (χ0) is 13.5. The summed E-state index contributed by atoms with van der Waals surface area (Å²) in [4.78, 5) is 6.90. The fourth-order valence-electron chi connectivity index (χ4n) is 2.31. The van der Waals surface area contributed by atoms with E-state index in [1.807, 2.05) is 12.3 Å². The van der Waals surface area contributed by atoms with Crippen molar-refractivity contribution in [2.75, 3.05) is 31.5 Å². The molecule has 0 amide bonds. The van der Waals surface area contributed by atoms with Crippen LogP contribution in [0.1, 0.15) is 20.3 Å². The Morgan fingerprint density at radius 2 is 1.85 bits per heavy atom. The number of benzene rings is 1. The second-order valence-electron chi connectivity index (χ2n) is 4.69. The second kappa shape index (κ2) is 8.77. The number of aromatic nitrogens is 1. The van der Waals surface area contributed by atoms with E-state index in [0.717, 1.165) is 43.8 Å². The number of nitrogens with zero attached hydrogens (tertiary/aromatic N) is 2. The van der Waals surface area contributed by atoms with Gasteiger partial charge in [0.05, 0.1) is 11.2 Å². The quantitative estimate of drug-likeness (QED) is 0.787. The van der Waals surface area contributed by atoms with E-state index in [4.69, 9.17) is 0 Å². The van der Waals surface area contributed by atoms with Gasteiger partial charge in [0.1, 0.15) is 0 Å². The molecule has 0 saturated heterocycles. The minimum absolute atomic E-state index is 0. The Bertz CT molecular complexity index is 507. The molecule has 2 aromatic rings. The minimum Gasteiger partial charge on any atom is -0.383 e. The summed E-state index contributed by atoms with van der Waals surface area (Å²) in [6.07, 6.45) is 3.01. The SMILES string of the molecule is CCN(CC)CCCNc1cccc2cccnc12.Cl. The smallest absolute Gasteiger partial charge is 0.0933 e. The van der Waals surface area contributed by atoms with Crippen molar-refractivity contribution < 1.29 is 0 Å². The molecule has 2 rings (SSSR count). The summed E-state index contributed by atoms with van der Waals surface area (Å²) < 4.78 is 0. The average molecular weight is 294 g/mol. The molecule has 20 heavy (non-hydrogen) atoms. The Morgan fingerprint density at radius 1 is 1.10 bits per heavy atom. The first-order valence-electron chi connectivity index (χ1n) is 7.15. The van der Waals surface area contributed by atoms with Crippen molar-refractivity contribution in [1.82, 2.24) is 9.88 Å². The van der Waals surface area contributed by atoms with Crippen molar-refractivity contribution in [2.24, 2.45) is 0 Å². The molecule has 110 valence electrons. The highest BCUT2D eigenvalue weighted by Gasteiger charge is 2.01. The monoisotopic (exact) mass is 293 g/mol. The van der Waals surface area contributed by atoms with Crippen molar-refractivity contribution in [3.05, 3.63) is 36.5 Å². The first-order valence-corrected chi connectivity index (χ1v) is 7.15. The molecule has 0 spiro atoms. The molecule has 4 heteroatoms. The number of hydrogen-bond donors (Lipinski definition) is 1. The van der Waals surface area contributed by atoms with Crippen LogP contribution in [0.4, 0.5) is 5.69 Å². The molecule has 0 fully saturated rings. The van der Waals surface area contributed by atoms with Crippen LogP contribution >= 0.6 is 12.4 Å². The van der Waals surface area contributed by atoms with Gasteiger partial charge in [-0.3, -0.25) is 4.98 Å². The Kier molecular flexibility index (Phi) is 7.34. The number of halogens is 1. The third kappa shape index (κ3) is 4.36. The maximum absolute atomic E-state index is 4.45. The normalized spacial score (nSPS) is 10.6. The number of para-hydroxylation sites is 1. The van der Waals surface area contributed by atoms with Gasteiger partial charge < -0.3 is 10.2 Å². The Morgan fingerprint density at radius 3 is 2.60 bits per heavy atom. The molecule has 0 radical (unpaired) electrons. The molecule has 1 aromatic carbocycles. The predicted octanol–water partition coefficient (Wildman–Crippen LogP) is 3.80. The highest BCUT2D eigenvalue weighted by molar-refractivity contribution is 5.90. The van der Waals surface area contributed by atoms with E-state index in [2.05, 4.69) is 53.3 Å². The van der Waals surface area contributed by atoms with E-state index >= 15 is 0 Å². The van der Waals surface area contributed by atoms with Crippen LogP contribution in [-0.2, 0) is 0 Å². The molecule has 0 aliphatic carbocycles. The molecule has 1 N–H and O–H groups in total. The molecular formula is C16H24ClN3. The molecule has 0 unspecified atom stereocenters. The van der Waals surface area contributed by atoms with Crippen LogP contribution < -0.4 is 5.32 Å². The minimum atomic E-state index is 0. The largest absolute Gasteiger partial charge is 0.383 e. The molecule has 0 aliphatic heterocycles. The van der Waals surface area contributed by atoms with Crippen LogP contribution in [0.3, 0.4) is 0 Å². The lowest BCUT2D eigenvalue weighted by Crippen LogP contribution is -2.25. The maximum Gasteiger partial charge on any atom is 0.0933 e. The molecule has 1 heterocycles. The third-order valence-corrected chi connectivity index (χ3v) is 3.49. The summed E-state index contributed by atoms with van der Waals surface area (Å²) in [5.74, 6) is 0. The summed E-state index contributed by atoms with van der Waals surface area (Å²) in [5.41, 5.74) is 2.20. The number of pyridine rings is 1. The van der Waals surface area contributed by atoms with Gasteiger partial charge in [-0.05, 0) is 38.2 Å². The Balaban J connectivity index is 0.00000200. The van der Waals surface area contributed by atoms with Crippen LogP contribution in [0, 0.1) is 0 Å². The first-order chi connectivity index (χ1) is 9.35. The van der Waals surface area contributed by atoms with Crippen molar-refractivity contribution in [3.8, 4) is 0 Å². The van der Waals surface area contributed by atoms with Gasteiger partial charge in [-0.2, -0.15) is 0 Å². The maximum atomic E-state index is 4.45. The fourth-order valence-corrected chi connectivity index (χ4v) is 2.31. The summed E-state index contributed by atoms with van der Waals surface area (Å²) in [6, 6.07) is 10.4. The number of nitrogens with one attached hydrogen (secondary N) is 1. The van der Waals surface area contributed by atoms with E-state index in [9.17, 15) is 0 Å². The lowest BCUT2D eigenvalue weighted by atomic mass is 10.2. The summed E-state index contributed by atoms with van der Waals surface area (Å²) >= 11 is 0. The van der Waals surface area contributed by atoms with Crippen LogP contribution in [0.25, 0.3) is 10.9 Å². The summed E-state index contributed by atoms with van der Waals surface area (Å²) in [5, 5.41) is 4.69. The lowest BCUT2D eigenvalue weighted by Gasteiger charge is -2.18. The van der Waals surface area contributed by atoms with Gasteiger partial charge in [-0.1, -0.05) is 32.0 Å². The van der Waals surface area contributed by atoms with Crippen molar-refractivity contribution in [1.29, 1.82) is 0 Å². The van der Waals surface area contributed by atoms with Crippen LogP contribution in [0.15, 0.2) is 36.5 Å². The van der Waals surface area contributed by atoms with E-state index < -0.39 is 0 Å². The fraction of sp³-hybridized carbons (Fsp3) is 0.438. The predicted molar refractivity (Wildman–Crippen MR) is 89.9 cm³/mol. The lowest BCUT2D eigenvalue weighted by molar-refractivity contribution is 0.303. The number of fused-ring (bicyclic) bond motifs is 1. The molecule has 0 atom stereocenters. The van der Waals surface area contributed by atoms with E-state index in [0.29, 0.717) is 0 Å². The second-order valence-corrected chi connectivity index (χ2v) is 4.69. The van der Waals surface area contributed by atoms with Crippen molar-refractivity contribution in [2.45, 2.75) is 20.3 Å². The summed E-state index contributed by atoms with van der Waals surface area (Å²) in [7, 11) is 0. The van der Waals surface area contributed by atoms with Gasteiger partial charge in [0.25, 0.3) is 0 Å². The van der Waals surface area contributed by atoms with Crippen LogP contribution in [-0.4, -0.2) is 36.1 Å². The molecule has 0 bridgehead atoms. The van der Waals surface area contributed by atoms with E-state index in [1.54, 1.807) is 0 Å². The number of hydrogen-bond acceptors (Lipinski definition) is 3. The van der Waals surface area contributed by atoms with Crippen molar-refractivity contribution >= 4 is 29.0 Å². The third-order valence-electron chi connectivity index (χ3n) is 3.49. The highest BCUT2D eigenvalue weighted by atomic mass is 35.5. The molecule has 0 saturated carbocycles. The van der Waals surface area contributed by atoms with Gasteiger partial charge in [0.2, 0.25) is 0 Å². The van der Waals surface area contributed by atoms with Crippen molar-refractivity contribution in [3.63, 3.8) is 0 Å². The topological polar surface area (TPSA) is 28.2 Å². The highest BCUT2D eigenvalue weighted by Crippen LogP contribution is 2.20. The van der Waals surface area contributed by atoms with Crippen LogP contribution in [0.5, 0.6) is 0 Å². The van der Waals surface area contributed by atoms with E-state index in [-0.39, 0.29) is 12.4 Å². The molecule has 1 aromatic heterocycles. The first kappa shape index (κ1) is 16.7. The number of rotatable bonds is 7. The molecular weight excluding hydrogens is 270 g/mol. The zero-order valence-electron chi connectivity index (χ0n) is 12.3. The summed E-state index contributed by atoms with van der Waals surface area (Å²) in [6.45, 7) is 8.83. The Labute approximate surface area is 127 Å². The number of anilines is 1. The van der Waals surface area contributed by atoms with Gasteiger partial charge in [0.15, 0.2) is 0 Å². The standard InChI is InChI=1S/C16H23N3.ClH/c1-3-19(4-2)13-7-12-17-15-10-5-8-14-9-6-11-18-16(14)15;/h5-6,8-11,17H,3-4,7,12-13H2,1-2H3;1H. The van der Waals surface area contributed by atoms with Gasteiger partial charge in [-0.25, -0.2) is 0 Å². The van der Waals surface area contributed by atoms with Gasteiger partial charge in [-0.15, -0.1) is 12.4 Å². The van der Waals surface area contributed by atoms with E-state index in [1.165, 1.54) is 5.39 Å².